The molecule has 0 aliphatic heterocycles. The Morgan fingerprint density at radius 2 is 1.85 bits per heavy atom. The van der Waals surface area contributed by atoms with Crippen molar-refractivity contribution in [1.82, 2.24) is 9.78 Å². The van der Waals surface area contributed by atoms with E-state index >= 15 is 0 Å². The molecule has 0 saturated heterocycles. The molecule has 1 amide bonds. The van der Waals surface area contributed by atoms with Crippen LogP contribution in [0.2, 0.25) is 0 Å². The van der Waals surface area contributed by atoms with Crippen molar-refractivity contribution < 1.29 is 13.6 Å². The van der Waals surface area contributed by atoms with Gasteiger partial charge < -0.3 is 5.32 Å². The summed E-state index contributed by atoms with van der Waals surface area (Å²) >= 11 is 1.52. The Balaban J connectivity index is 1.74. The predicted molar refractivity (Wildman–Crippen MR) is 97.6 cm³/mol. The number of aryl methyl sites for hydroxylation is 1. The molecule has 7 heteroatoms. The minimum atomic E-state index is -2.68. The van der Waals surface area contributed by atoms with E-state index in [0.717, 1.165) is 14.5 Å². The molecule has 0 fully saturated rings. The van der Waals surface area contributed by atoms with Gasteiger partial charge in [-0.3, -0.25) is 9.48 Å². The molecule has 3 rings (SSSR count). The number of benzene rings is 2. The van der Waals surface area contributed by atoms with Crippen LogP contribution in [0, 0.1) is 6.92 Å². The molecule has 1 heterocycles. The van der Waals surface area contributed by atoms with Crippen molar-refractivity contribution in [3.05, 3.63) is 72.1 Å². The van der Waals surface area contributed by atoms with Gasteiger partial charge in [-0.25, -0.2) is 8.78 Å². The van der Waals surface area contributed by atoms with Crippen molar-refractivity contribution >= 4 is 23.4 Å². The van der Waals surface area contributed by atoms with Gasteiger partial charge in [0.1, 0.15) is 12.2 Å². The third-order valence-corrected chi connectivity index (χ3v) is 4.67. The summed E-state index contributed by atoms with van der Waals surface area (Å²) in [5, 5.41) is 6.76. The third kappa shape index (κ3) is 4.49. The fraction of sp³-hybridized carbons (Fsp3) is 0.158. The number of halogens is 2. The number of amides is 1. The lowest BCUT2D eigenvalue weighted by Crippen LogP contribution is -2.21. The first-order valence-corrected chi connectivity index (χ1v) is 8.79. The van der Waals surface area contributed by atoms with E-state index in [1.807, 2.05) is 48.5 Å². The number of hydrogen-bond donors (Lipinski definition) is 1. The van der Waals surface area contributed by atoms with Gasteiger partial charge in [0.05, 0.1) is 11.4 Å². The van der Waals surface area contributed by atoms with E-state index in [4.69, 9.17) is 0 Å². The number of para-hydroxylation sites is 1. The van der Waals surface area contributed by atoms with Gasteiger partial charge in [0.15, 0.2) is 0 Å². The van der Waals surface area contributed by atoms with E-state index in [2.05, 4.69) is 10.4 Å². The third-order valence-electron chi connectivity index (χ3n) is 3.58. The van der Waals surface area contributed by atoms with Crippen LogP contribution >= 0.6 is 11.8 Å². The molecule has 1 N–H and O–H groups in total. The Morgan fingerprint density at radius 1 is 1.15 bits per heavy atom. The summed E-state index contributed by atoms with van der Waals surface area (Å²) in [4.78, 5) is 14.3. The molecule has 2 aromatic carbocycles. The van der Waals surface area contributed by atoms with Crippen LogP contribution in [-0.2, 0) is 11.3 Å². The van der Waals surface area contributed by atoms with Crippen LogP contribution in [0.1, 0.15) is 17.8 Å². The lowest BCUT2D eigenvalue weighted by molar-refractivity contribution is -0.117. The highest BCUT2D eigenvalue weighted by atomic mass is 32.2. The van der Waals surface area contributed by atoms with Gasteiger partial charge in [-0.05, 0) is 37.3 Å². The lowest BCUT2D eigenvalue weighted by Gasteiger charge is -2.12. The maximum absolute atomic E-state index is 13.0. The summed E-state index contributed by atoms with van der Waals surface area (Å²) in [7, 11) is 0. The number of anilines is 1. The molecule has 4 nitrogen and oxygen atoms in total. The molecular formula is C19H17F2N3OS. The summed E-state index contributed by atoms with van der Waals surface area (Å²) in [6, 6.07) is 18.4. The standard InChI is InChI=1S/C19H17F2N3OS/c1-13-11-16(19(20)21)24(23-13)12-18(25)22-15-9-5-6-10-17(15)26-14-7-3-2-4-8-14/h2-11,19H,12H2,1H3,(H,22,25). The van der Waals surface area contributed by atoms with Crippen molar-refractivity contribution in [3.63, 3.8) is 0 Å². The average molecular weight is 373 g/mol. The number of aromatic nitrogens is 2. The molecule has 0 spiro atoms. The van der Waals surface area contributed by atoms with Gasteiger partial charge in [0.25, 0.3) is 6.43 Å². The number of carbonyl (C=O) groups excluding carboxylic acids is 1. The van der Waals surface area contributed by atoms with Crippen LogP contribution in [0.4, 0.5) is 14.5 Å². The van der Waals surface area contributed by atoms with Crippen molar-refractivity contribution in [1.29, 1.82) is 0 Å². The van der Waals surface area contributed by atoms with E-state index in [1.54, 1.807) is 13.0 Å². The molecule has 0 aliphatic rings. The molecule has 0 bridgehead atoms. The van der Waals surface area contributed by atoms with E-state index in [-0.39, 0.29) is 12.2 Å². The summed E-state index contributed by atoms with van der Waals surface area (Å²) in [6.07, 6.45) is -2.68. The van der Waals surface area contributed by atoms with Gasteiger partial charge in [-0.1, -0.05) is 42.1 Å². The number of nitrogens with one attached hydrogen (secondary N) is 1. The first-order valence-electron chi connectivity index (χ1n) is 7.97. The SMILES string of the molecule is Cc1cc(C(F)F)n(CC(=O)Nc2ccccc2Sc2ccccc2)n1. The van der Waals surface area contributed by atoms with Crippen molar-refractivity contribution in [3.8, 4) is 0 Å². The first-order chi connectivity index (χ1) is 12.5. The fourth-order valence-electron chi connectivity index (χ4n) is 2.47. The quantitative estimate of drug-likeness (QED) is 0.667. The summed E-state index contributed by atoms with van der Waals surface area (Å²) < 4.78 is 27.1. The molecule has 1 aromatic heterocycles. The lowest BCUT2D eigenvalue weighted by atomic mass is 10.3. The van der Waals surface area contributed by atoms with E-state index < -0.39 is 12.3 Å². The monoisotopic (exact) mass is 373 g/mol. The second-order valence-electron chi connectivity index (χ2n) is 5.63. The Bertz CT molecular complexity index is 897. The highest BCUT2D eigenvalue weighted by Crippen LogP contribution is 2.33. The molecular weight excluding hydrogens is 356 g/mol. The Morgan fingerprint density at radius 3 is 2.58 bits per heavy atom. The minimum Gasteiger partial charge on any atom is -0.323 e. The molecule has 26 heavy (non-hydrogen) atoms. The van der Waals surface area contributed by atoms with Crippen LogP contribution in [0.5, 0.6) is 0 Å². The second-order valence-corrected chi connectivity index (χ2v) is 6.74. The normalized spacial score (nSPS) is 10.9. The van der Waals surface area contributed by atoms with Crippen LogP contribution in [0.15, 0.2) is 70.5 Å². The smallest absolute Gasteiger partial charge is 0.280 e. The summed E-state index contributed by atoms with van der Waals surface area (Å²) in [5.41, 5.74) is 0.826. The van der Waals surface area contributed by atoms with Crippen LogP contribution in [0.25, 0.3) is 0 Å². The number of hydrogen-bond acceptors (Lipinski definition) is 3. The van der Waals surface area contributed by atoms with E-state index in [0.29, 0.717) is 11.4 Å². The fourth-order valence-corrected chi connectivity index (χ4v) is 3.39. The molecule has 0 atom stereocenters. The number of rotatable bonds is 6. The zero-order chi connectivity index (χ0) is 18.5. The number of alkyl halides is 2. The van der Waals surface area contributed by atoms with Crippen LogP contribution in [-0.4, -0.2) is 15.7 Å². The molecule has 0 radical (unpaired) electrons. The van der Waals surface area contributed by atoms with Gasteiger partial charge in [-0.2, -0.15) is 5.10 Å². The molecule has 3 aromatic rings. The zero-order valence-electron chi connectivity index (χ0n) is 14.0. The van der Waals surface area contributed by atoms with Crippen molar-refractivity contribution in [2.45, 2.75) is 29.7 Å². The first kappa shape index (κ1) is 18.1. The highest BCUT2D eigenvalue weighted by molar-refractivity contribution is 7.99. The topological polar surface area (TPSA) is 46.9 Å². The number of nitrogens with zero attached hydrogens (tertiary/aromatic N) is 2. The molecule has 0 aliphatic carbocycles. The van der Waals surface area contributed by atoms with E-state index in [9.17, 15) is 13.6 Å². The Kier molecular flexibility index (Phi) is 5.68. The average Bonchev–Trinajstić information content (AvgIpc) is 2.98. The van der Waals surface area contributed by atoms with E-state index in [1.165, 1.54) is 17.8 Å². The maximum Gasteiger partial charge on any atom is 0.280 e. The maximum atomic E-state index is 13.0. The second kappa shape index (κ2) is 8.14. The number of carbonyl (C=O) groups is 1. The van der Waals surface area contributed by atoms with Gasteiger partial charge in [0, 0.05) is 9.79 Å². The van der Waals surface area contributed by atoms with Crippen molar-refractivity contribution in [2.24, 2.45) is 0 Å². The van der Waals surface area contributed by atoms with Crippen LogP contribution in [0.3, 0.4) is 0 Å². The van der Waals surface area contributed by atoms with Gasteiger partial charge >= 0.3 is 0 Å². The largest absolute Gasteiger partial charge is 0.323 e. The Labute approximate surface area is 154 Å². The molecule has 0 saturated carbocycles. The van der Waals surface area contributed by atoms with Crippen LogP contribution < -0.4 is 5.32 Å². The predicted octanol–water partition coefficient (Wildman–Crippen LogP) is 4.92. The summed E-state index contributed by atoms with van der Waals surface area (Å²) in [6.45, 7) is 1.35. The summed E-state index contributed by atoms with van der Waals surface area (Å²) in [5.74, 6) is -0.406. The van der Waals surface area contributed by atoms with Gasteiger partial charge in [-0.15, -0.1) is 0 Å². The zero-order valence-corrected chi connectivity index (χ0v) is 14.8. The molecule has 134 valence electrons. The highest BCUT2D eigenvalue weighted by Gasteiger charge is 2.18. The van der Waals surface area contributed by atoms with Crippen molar-refractivity contribution in [2.75, 3.05) is 5.32 Å². The minimum absolute atomic E-state index is 0.260. The Hall–Kier alpha value is -2.67. The molecule has 0 unspecified atom stereocenters. The van der Waals surface area contributed by atoms with Gasteiger partial charge in [0.2, 0.25) is 5.91 Å².